The smallest absolute Gasteiger partial charge is 0.396 e. The number of halogens is 2. The number of nitrogens with two attached hydrogens (primary N) is 1. The van der Waals surface area contributed by atoms with Crippen LogP contribution >= 0.6 is 0 Å². The molecule has 0 aromatic heterocycles. The second-order valence-electron chi connectivity index (χ2n) is 6.10. The normalized spacial score (nSPS) is 10.9. The van der Waals surface area contributed by atoms with Crippen molar-refractivity contribution in [2.24, 2.45) is 11.7 Å². The Bertz CT molecular complexity index is 931. The number of carbonyl (C=O) groups is 4. The summed E-state index contributed by atoms with van der Waals surface area (Å²) >= 11 is 0. The van der Waals surface area contributed by atoms with Gasteiger partial charge in [-0.1, -0.05) is 37.3 Å². The summed E-state index contributed by atoms with van der Waals surface area (Å²) in [6.45, 7) is 3.10. The number of benzene rings is 2. The molecule has 30 heavy (non-hydrogen) atoms. The van der Waals surface area contributed by atoms with Gasteiger partial charge in [-0.3, -0.25) is 14.4 Å². The van der Waals surface area contributed by atoms with Gasteiger partial charge in [-0.05, 0) is 24.6 Å². The Hall–Kier alpha value is -3.62. The van der Waals surface area contributed by atoms with Crippen LogP contribution < -0.4 is 5.73 Å². The largest absolute Gasteiger partial charge is 0.481 e. The van der Waals surface area contributed by atoms with Gasteiger partial charge < -0.3 is 15.6 Å². The molecule has 3 N–H and O–H groups in total. The molecule has 0 fully saturated rings. The highest BCUT2D eigenvalue weighted by molar-refractivity contribution is 6.31. The minimum atomic E-state index is -1.19. The van der Waals surface area contributed by atoms with Crippen LogP contribution in [0, 0.1) is 17.6 Å². The zero-order chi connectivity index (χ0) is 22.8. The van der Waals surface area contributed by atoms with Crippen LogP contribution in [0.1, 0.15) is 30.6 Å². The Morgan fingerprint density at radius 2 is 1.67 bits per heavy atom. The fourth-order valence-corrected chi connectivity index (χ4v) is 2.32. The topological polar surface area (TPSA) is 124 Å². The lowest BCUT2D eigenvalue weighted by Gasteiger charge is -2.10. The summed E-state index contributed by atoms with van der Waals surface area (Å²) < 4.78 is 32.5. The number of ketones is 1. The monoisotopic (exact) mass is 421 g/mol. The fourth-order valence-electron chi connectivity index (χ4n) is 2.32. The maximum Gasteiger partial charge on any atom is 0.396 e. The van der Waals surface area contributed by atoms with Crippen molar-refractivity contribution in [3.8, 4) is 11.1 Å². The first-order valence-electron chi connectivity index (χ1n) is 8.86. The molecule has 0 saturated heterocycles. The van der Waals surface area contributed by atoms with E-state index in [1.54, 1.807) is 37.3 Å². The van der Waals surface area contributed by atoms with Crippen molar-refractivity contribution in [1.29, 1.82) is 0 Å². The van der Waals surface area contributed by atoms with Crippen molar-refractivity contribution in [2.75, 3.05) is 6.61 Å². The summed E-state index contributed by atoms with van der Waals surface area (Å²) in [5.41, 5.74) is 4.44. The number of carboxylic acids is 1. The van der Waals surface area contributed by atoms with Gasteiger partial charge in [0.2, 0.25) is 0 Å². The summed E-state index contributed by atoms with van der Waals surface area (Å²) in [6, 6.07) is 10.7. The molecular weight excluding hydrogens is 400 g/mol. The molecule has 2 rings (SSSR count). The number of aliphatic carboxylic acids is 1. The van der Waals surface area contributed by atoms with Crippen molar-refractivity contribution in [3.05, 3.63) is 59.7 Å². The first-order valence-corrected chi connectivity index (χ1v) is 8.86. The maximum absolute atomic E-state index is 14.5. The van der Waals surface area contributed by atoms with Crippen LogP contribution in [0.25, 0.3) is 11.1 Å². The van der Waals surface area contributed by atoms with E-state index >= 15 is 0 Å². The molecule has 0 aliphatic rings. The fraction of sp³-hybridized carbons (Fsp3) is 0.238. The van der Waals surface area contributed by atoms with Crippen molar-refractivity contribution in [2.45, 2.75) is 20.3 Å². The molecule has 2 aromatic rings. The van der Waals surface area contributed by atoms with Crippen LogP contribution in [0.2, 0.25) is 0 Å². The van der Waals surface area contributed by atoms with Gasteiger partial charge in [0.05, 0.1) is 18.1 Å². The van der Waals surface area contributed by atoms with Gasteiger partial charge in [-0.25, -0.2) is 13.6 Å². The lowest BCUT2D eigenvalue weighted by molar-refractivity contribution is -0.153. The number of hydrogen-bond donors (Lipinski definition) is 2. The minimum Gasteiger partial charge on any atom is -0.481 e. The van der Waals surface area contributed by atoms with Crippen LogP contribution in [-0.4, -0.2) is 35.3 Å². The molecule has 0 aliphatic heterocycles. The van der Waals surface area contributed by atoms with Crippen molar-refractivity contribution < 1.29 is 37.8 Å². The highest BCUT2D eigenvalue weighted by Gasteiger charge is 2.24. The average Bonchev–Trinajstić information content (AvgIpc) is 2.69. The number of primary amides is 1. The number of Topliss-reactive ketones (excluding diaryl/α,β-unsaturated/α-hetero) is 1. The Kier molecular flexibility index (Phi) is 9.28. The lowest BCUT2D eigenvalue weighted by atomic mass is 9.95. The quantitative estimate of drug-likeness (QED) is 0.420. The van der Waals surface area contributed by atoms with E-state index in [9.17, 15) is 28.0 Å². The Labute approximate surface area is 171 Å². The number of esters is 1. The highest BCUT2D eigenvalue weighted by Crippen LogP contribution is 2.28. The van der Waals surface area contributed by atoms with E-state index in [0.717, 1.165) is 6.07 Å². The molecule has 0 spiro atoms. The molecule has 0 radical (unpaired) electrons. The molecule has 9 heteroatoms. The second-order valence-corrected chi connectivity index (χ2v) is 6.10. The second kappa shape index (κ2) is 11.4. The van der Waals surface area contributed by atoms with E-state index in [1.165, 1.54) is 13.0 Å². The van der Waals surface area contributed by atoms with Crippen LogP contribution in [0.5, 0.6) is 0 Å². The summed E-state index contributed by atoms with van der Waals surface area (Å²) in [6.07, 6.45) is -0.457. The van der Waals surface area contributed by atoms with Gasteiger partial charge in [-0.15, -0.1) is 0 Å². The first-order chi connectivity index (χ1) is 14.1. The Morgan fingerprint density at radius 3 is 2.13 bits per heavy atom. The van der Waals surface area contributed by atoms with E-state index in [-0.39, 0.29) is 12.2 Å². The third kappa shape index (κ3) is 6.77. The number of rotatable bonds is 6. The number of carbonyl (C=O) groups excluding carboxylic acids is 3. The molecule has 1 amide bonds. The lowest BCUT2D eigenvalue weighted by Crippen LogP contribution is -2.25. The molecule has 2 aromatic carbocycles. The van der Waals surface area contributed by atoms with Gasteiger partial charge in [0, 0.05) is 12.0 Å². The number of ether oxygens (including phenoxy) is 1. The van der Waals surface area contributed by atoms with Crippen LogP contribution in [-0.2, 0) is 19.1 Å². The number of amides is 1. The van der Waals surface area contributed by atoms with E-state index in [1.807, 2.05) is 0 Å². The summed E-state index contributed by atoms with van der Waals surface area (Å²) in [5.74, 6) is -7.03. The molecule has 0 heterocycles. The van der Waals surface area contributed by atoms with E-state index in [0.29, 0.717) is 5.56 Å². The highest BCUT2D eigenvalue weighted by atomic mass is 19.1. The van der Waals surface area contributed by atoms with E-state index in [4.69, 9.17) is 5.11 Å². The molecule has 7 nitrogen and oxygen atoms in total. The first kappa shape index (κ1) is 24.4. The average molecular weight is 421 g/mol. The third-order valence-corrected chi connectivity index (χ3v) is 3.84. The van der Waals surface area contributed by atoms with Gasteiger partial charge >= 0.3 is 17.8 Å². The van der Waals surface area contributed by atoms with E-state index in [2.05, 4.69) is 10.5 Å². The molecule has 0 bridgehead atoms. The summed E-state index contributed by atoms with van der Waals surface area (Å²) in [4.78, 5) is 42.7. The van der Waals surface area contributed by atoms with Crippen LogP contribution in [0.4, 0.5) is 8.78 Å². The molecule has 1 atom stereocenters. The number of hydrogen-bond acceptors (Lipinski definition) is 5. The molecule has 160 valence electrons. The van der Waals surface area contributed by atoms with Crippen LogP contribution in [0.3, 0.4) is 0 Å². The van der Waals surface area contributed by atoms with Gasteiger partial charge in [0.15, 0.2) is 5.78 Å². The van der Waals surface area contributed by atoms with Crippen LogP contribution in [0.15, 0.2) is 42.5 Å². The minimum absolute atomic E-state index is 0.105. The SMILES string of the molecule is CC(CC(=O)c1c(F)ccc(-c2ccccc2)c1F)C(=O)O.CCOC(=O)C(N)=O. The van der Waals surface area contributed by atoms with Gasteiger partial charge in [-0.2, -0.15) is 0 Å². The molecule has 1 unspecified atom stereocenters. The Morgan fingerprint density at radius 1 is 1.07 bits per heavy atom. The molecule has 0 saturated carbocycles. The zero-order valence-electron chi connectivity index (χ0n) is 16.4. The molecular formula is C21H21F2NO6. The summed E-state index contributed by atoms with van der Waals surface area (Å²) in [7, 11) is 0. The van der Waals surface area contributed by atoms with Gasteiger partial charge in [0.1, 0.15) is 11.6 Å². The van der Waals surface area contributed by atoms with E-state index < -0.39 is 53.2 Å². The predicted octanol–water partition coefficient (Wildman–Crippen LogP) is 2.96. The summed E-state index contributed by atoms with van der Waals surface area (Å²) in [5, 5.41) is 8.81. The van der Waals surface area contributed by atoms with Crippen molar-refractivity contribution >= 4 is 23.6 Å². The molecule has 0 aliphatic carbocycles. The van der Waals surface area contributed by atoms with Gasteiger partial charge in [0.25, 0.3) is 0 Å². The Balaban J connectivity index is 0.000000479. The number of carboxylic acid groups (broad SMARTS) is 1. The van der Waals surface area contributed by atoms with Crippen molar-refractivity contribution in [1.82, 2.24) is 0 Å². The predicted molar refractivity (Wildman–Crippen MR) is 103 cm³/mol. The third-order valence-electron chi connectivity index (χ3n) is 3.84. The maximum atomic E-state index is 14.5. The van der Waals surface area contributed by atoms with Crippen molar-refractivity contribution in [3.63, 3.8) is 0 Å². The standard InChI is InChI=1S/C17H14F2O3.C4H7NO3/c1-10(17(21)22)9-14(20)15-13(18)8-7-12(16(15)19)11-5-3-2-4-6-11;1-2-8-4(7)3(5)6/h2-8,10H,9H2,1H3,(H,21,22);2H2,1H3,(H2,5,6). The zero-order valence-corrected chi connectivity index (χ0v) is 16.4.